The van der Waals surface area contributed by atoms with Crippen LogP contribution in [0.25, 0.3) is 22.3 Å². The maximum absolute atomic E-state index is 13.6. The minimum Gasteiger partial charge on any atom is -0.458 e. The third kappa shape index (κ3) is 3.01. The highest BCUT2D eigenvalue weighted by molar-refractivity contribution is 7.80. The van der Waals surface area contributed by atoms with E-state index in [2.05, 4.69) is 17.1 Å². The molecule has 3 aliphatic rings. The summed E-state index contributed by atoms with van der Waals surface area (Å²) < 4.78 is 6.87. The number of cyclic esters (lactones) is 1. The Balaban J connectivity index is 1.61. The van der Waals surface area contributed by atoms with Crippen LogP contribution in [0.3, 0.4) is 0 Å². The summed E-state index contributed by atoms with van der Waals surface area (Å²) >= 11 is 5.77. The highest BCUT2D eigenvalue weighted by atomic mass is 32.1. The van der Waals surface area contributed by atoms with Crippen LogP contribution in [0.1, 0.15) is 56.2 Å². The fraction of sp³-hybridized carbons (Fsp3) is 0.385. The Hall–Kier alpha value is -3.30. The first-order chi connectivity index (χ1) is 16.9. The number of ether oxygens (including phenoxy) is 1. The number of hydrogen-bond donors (Lipinski definition) is 2. The van der Waals surface area contributed by atoms with Crippen molar-refractivity contribution in [1.82, 2.24) is 9.55 Å². The molecule has 0 aliphatic carbocycles. The van der Waals surface area contributed by atoms with Gasteiger partial charge in [-0.25, -0.2) is 9.78 Å². The predicted octanol–water partition coefficient (Wildman–Crippen LogP) is 3.79. The van der Waals surface area contributed by atoms with Crippen molar-refractivity contribution in [3.05, 3.63) is 51.3 Å². The average Bonchev–Trinajstić information content (AvgIpc) is 3.22. The van der Waals surface area contributed by atoms with Crippen molar-refractivity contribution in [3.8, 4) is 11.4 Å². The first-order valence-corrected chi connectivity index (χ1v) is 12.5. The number of fused-ring (bicyclic) bond motifs is 5. The van der Waals surface area contributed by atoms with Gasteiger partial charge in [0.05, 0.1) is 40.4 Å². The molecule has 9 heteroatoms. The first kappa shape index (κ1) is 22.2. The van der Waals surface area contributed by atoms with Crippen molar-refractivity contribution in [3.63, 3.8) is 0 Å². The van der Waals surface area contributed by atoms with Crippen molar-refractivity contribution in [1.29, 1.82) is 0 Å². The van der Waals surface area contributed by atoms with E-state index in [-0.39, 0.29) is 18.6 Å². The molecule has 8 nitrogen and oxygen atoms in total. The van der Waals surface area contributed by atoms with Crippen LogP contribution in [0, 0.1) is 0 Å². The molecule has 35 heavy (non-hydrogen) atoms. The van der Waals surface area contributed by atoms with E-state index in [4.69, 9.17) is 21.9 Å². The quantitative estimate of drug-likeness (QED) is 0.248. The Morgan fingerprint density at radius 1 is 1.23 bits per heavy atom. The topological polar surface area (TPSA) is 96.7 Å². The molecular formula is C26H26N4O4S. The summed E-state index contributed by atoms with van der Waals surface area (Å²) in [6.45, 7) is 4.83. The molecule has 180 valence electrons. The molecule has 0 amide bonds. The second-order valence-corrected chi connectivity index (χ2v) is 9.77. The van der Waals surface area contributed by atoms with Gasteiger partial charge in [-0.15, -0.1) is 0 Å². The zero-order chi connectivity index (χ0) is 24.5. The summed E-state index contributed by atoms with van der Waals surface area (Å²) in [5.74, 6) is -0.722. The number of aliphatic hydroxyl groups is 1. The number of anilines is 2. The average molecular weight is 491 g/mol. The fourth-order valence-corrected chi connectivity index (χ4v) is 5.82. The van der Waals surface area contributed by atoms with E-state index < -0.39 is 11.6 Å². The van der Waals surface area contributed by atoms with Crippen molar-refractivity contribution in [2.24, 2.45) is 0 Å². The maximum Gasteiger partial charge on any atom is 0.343 e. The predicted molar refractivity (Wildman–Crippen MR) is 138 cm³/mol. The Labute approximate surface area is 207 Å². The number of aromatic nitrogens is 2. The summed E-state index contributed by atoms with van der Waals surface area (Å²) in [5.41, 5.74) is 3.45. The van der Waals surface area contributed by atoms with Gasteiger partial charge in [-0.1, -0.05) is 32.8 Å². The molecule has 6 rings (SSSR count). The van der Waals surface area contributed by atoms with E-state index in [1.807, 2.05) is 18.2 Å². The number of nitrogens with zero attached hydrogens (tertiary/aromatic N) is 3. The number of pyridine rings is 2. The number of rotatable bonds is 5. The molecule has 3 aliphatic heterocycles. The molecule has 0 saturated heterocycles. The molecule has 0 fully saturated rings. The second kappa shape index (κ2) is 7.86. The van der Waals surface area contributed by atoms with Crippen LogP contribution in [0.15, 0.2) is 29.1 Å². The van der Waals surface area contributed by atoms with Crippen LogP contribution >= 0.6 is 12.2 Å². The highest BCUT2D eigenvalue weighted by Gasteiger charge is 2.45. The molecule has 1 aromatic carbocycles. The Morgan fingerprint density at radius 3 is 2.83 bits per heavy atom. The number of esters is 1. The summed E-state index contributed by atoms with van der Waals surface area (Å²) in [6.07, 6.45) is 3.29. The third-order valence-corrected chi connectivity index (χ3v) is 7.75. The van der Waals surface area contributed by atoms with Gasteiger partial charge < -0.3 is 24.6 Å². The van der Waals surface area contributed by atoms with E-state index in [1.54, 1.807) is 17.6 Å². The molecule has 2 aromatic heterocycles. The summed E-state index contributed by atoms with van der Waals surface area (Å²) in [4.78, 5) is 33.2. The minimum absolute atomic E-state index is 0.111. The van der Waals surface area contributed by atoms with Gasteiger partial charge in [-0.2, -0.15) is 0 Å². The third-order valence-electron chi connectivity index (χ3n) is 7.43. The molecule has 0 spiro atoms. The van der Waals surface area contributed by atoms with E-state index in [0.717, 1.165) is 53.6 Å². The number of thiocarbonyl (C=S) groups is 1. The van der Waals surface area contributed by atoms with Crippen molar-refractivity contribution in [2.75, 3.05) is 16.8 Å². The number of unbranched alkanes of at least 4 members (excludes halogenated alkanes) is 2. The number of carbonyl (C=O) groups excluding carboxylic acids is 1. The molecule has 5 heterocycles. The van der Waals surface area contributed by atoms with Gasteiger partial charge in [0.15, 0.2) is 10.7 Å². The molecule has 1 atom stereocenters. The normalized spacial score (nSPS) is 19.8. The SMILES string of the molecule is CCCCCN1C(=S)Nc2cccc3nc4c(c1c23)Cn1c-4cc2c(c1=O)COC(=O)[C@]2(O)CC. The van der Waals surface area contributed by atoms with Gasteiger partial charge in [0, 0.05) is 23.1 Å². The minimum atomic E-state index is -1.85. The van der Waals surface area contributed by atoms with Crippen LogP contribution in [0.5, 0.6) is 0 Å². The van der Waals surface area contributed by atoms with Crippen molar-refractivity contribution in [2.45, 2.75) is 58.3 Å². The zero-order valence-electron chi connectivity index (χ0n) is 19.7. The summed E-state index contributed by atoms with van der Waals surface area (Å²) in [5, 5.41) is 16.1. The smallest absolute Gasteiger partial charge is 0.343 e. The molecule has 0 bridgehead atoms. The number of benzene rings is 1. The number of hydrogen-bond acceptors (Lipinski definition) is 6. The fourth-order valence-electron chi connectivity index (χ4n) is 5.53. The largest absolute Gasteiger partial charge is 0.458 e. The summed E-state index contributed by atoms with van der Waals surface area (Å²) in [7, 11) is 0. The number of nitrogens with one attached hydrogen (secondary N) is 1. The van der Waals surface area contributed by atoms with E-state index >= 15 is 0 Å². The van der Waals surface area contributed by atoms with Crippen LogP contribution in [0.2, 0.25) is 0 Å². The molecule has 0 radical (unpaired) electrons. The number of carbonyl (C=O) groups is 1. The van der Waals surface area contributed by atoms with Crippen LogP contribution in [-0.4, -0.2) is 32.3 Å². The molecule has 0 unspecified atom stereocenters. The molecule has 0 saturated carbocycles. The maximum atomic E-state index is 13.6. The lowest BCUT2D eigenvalue weighted by molar-refractivity contribution is -0.172. The Kier molecular flexibility index (Phi) is 4.98. The van der Waals surface area contributed by atoms with Crippen LogP contribution < -0.4 is 15.8 Å². The van der Waals surface area contributed by atoms with Crippen molar-refractivity contribution < 1.29 is 14.6 Å². The van der Waals surface area contributed by atoms with Gasteiger partial charge in [0.25, 0.3) is 5.56 Å². The first-order valence-electron chi connectivity index (χ1n) is 12.1. The van der Waals surface area contributed by atoms with E-state index in [1.165, 1.54) is 0 Å². The Bertz CT molecular complexity index is 1500. The summed E-state index contributed by atoms with van der Waals surface area (Å²) in [6, 6.07) is 7.64. The lowest BCUT2D eigenvalue weighted by atomic mass is 9.86. The lowest BCUT2D eigenvalue weighted by Crippen LogP contribution is -2.44. The zero-order valence-corrected chi connectivity index (χ0v) is 20.5. The van der Waals surface area contributed by atoms with Gasteiger partial charge in [0.2, 0.25) is 0 Å². The standard InChI is InChI=1S/C26H26N4O4S/c1-3-5-6-10-29-22-14-12-30-19(11-16-15(23(30)31)13-34-24(32)26(16,33)4-2)21(14)27-17-8-7-9-18(20(17)22)28-25(29)35/h7-9,11,33H,3-6,10,12-13H2,1-2H3,(H,28,35)/t26-/m0/s1. The molecule has 2 N–H and O–H groups in total. The lowest BCUT2D eigenvalue weighted by Gasteiger charge is -2.33. The van der Waals surface area contributed by atoms with Gasteiger partial charge in [-0.05, 0) is 43.3 Å². The molecular weight excluding hydrogens is 464 g/mol. The van der Waals surface area contributed by atoms with Crippen LogP contribution in [0.4, 0.5) is 11.4 Å². The second-order valence-electron chi connectivity index (χ2n) is 9.38. The highest BCUT2D eigenvalue weighted by Crippen LogP contribution is 2.46. The Morgan fingerprint density at radius 2 is 2.06 bits per heavy atom. The monoisotopic (exact) mass is 490 g/mol. The van der Waals surface area contributed by atoms with Gasteiger partial charge >= 0.3 is 5.97 Å². The van der Waals surface area contributed by atoms with E-state index in [0.29, 0.717) is 34.2 Å². The van der Waals surface area contributed by atoms with Gasteiger partial charge in [-0.3, -0.25) is 4.79 Å². The molecule has 3 aromatic rings. The van der Waals surface area contributed by atoms with E-state index in [9.17, 15) is 14.7 Å². The van der Waals surface area contributed by atoms with Crippen LogP contribution in [-0.2, 0) is 28.3 Å². The van der Waals surface area contributed by atoms with Gasteiger partial charge in [0.1, 0.15) is 6.61 Å². The van der Waals surface area contributed by atoms with Crippen molar-refractivity contribution >= 4 is 45.6 Å².